The largest absolute Gasteiger partial charge is 0.396 e. The summed E-state index contributed by atoms with van der Waals surface area (Å²) < 4.78 is 0. The molecule has 1 fully saturated rings. The Morgan fingerprint density at radius 1 is 1.26 bits per heavy atom. The van der Waals surface area contributed by atoms with E-state index in [2.05, 4.69) is 17.6 Å². The molecule has 1 atom stereocenters. The summed E-state index contributed by atoms with van der Waals surface area (Å²) in [5.41, 5.74) is 0. The van der Waals surface area contributed by atoms with Crippen molar-refractivity contribution in [2.45, 2.75) is 64.3 Å². The average Bonchev–Trinajstić information content (AvgIpc) is 2.66. The summed E-state index contributed by atoms with van der Waals surface area (Å²) in [5.74, 6) is 0.585. The SMILES string of the molecule is CCC(CCO)CNCC(=O)NC1CCCCCC1. The highest BCUT2D eigenvalue weighted by molar-refractivity contribution is 5.78. The fourth-order valence-corrected chi connectivity index (χ4v) is 2.73. The Kier molecular flexibility index (Phi) is 8.84. The van der Waals surface area contributed by atoms with Crippen LogP contribution in [0.25, 0.3) is 0 Å². The van der Waals surface area contributed by atoms with Crippen LogP contribution in [0.15, 0.2) is 0 Å². The van der Waals surface area contributed by atoms with Crippen molar-refractivity contribution in [1.29, 1.82) is 0 Å². The van der Waals surface area contributed by atoms with Crippen LogP contribution in [0.2, 0.25) is 0 Å². The van der Waals surface area contributed by atoms with Crippen molar-refractivity contribution >= 4 is 5.91 Å². The third-order valence-electron chi connectivity index (χ3n) is 4.05. The molecule has 0 radical (unpaired) electrons. The van der Waals surface area contributed by atoms with Gasteiger partial charge in [0, 0.05) is 12.6 Å². The van der Waals surface area contributed by atoms with Gasteiger partial charge in [-0.1, -0.05) is 39.0 Å². The van der Waals surface area contributed by atoms with Crippen molar-refractivity contribution in [2.24, 2.45) is 5.92 Å². The third kappa shape index (κ3) is 7.53. The first-order valence-corrected chi connectivity index (χ1v) is 7.87. The molecule has 0 heterocycles. The maximum atomic E-state index is 11.8. The number of hydrogen-bond acceptors (Lipinski definition) is 3. The molecule has 4 heteroatoms. The Balaban J connectivity index is 2.12. The van der Waals surface area contributed by atoms with Crippen molar-refractivity contribution in [1.82, 2.24) is 10.6 Å². The van der Waals surface area contributed by atoms with Gasteiger partial charge >= 0.3 is 0 Å². The van der Waals surface area contributed by atoms with Crippen LogP contribution in [0.4, 0.5) is 0 Å². The van der Waals surface area contributed by atoms with Gasteiger partial charge in [0.25, 0.3) is 0 Å². The normalized spacial score (nSPS) is 18.8. The molecular weight excluding hydrogens is 240 g/mol. The Morgan fingerprint density at radius 3 is 2.53 bits per heavy atom. The smallest absolute Gasteiger partial charge is 0.234 e. The number of rotatable bonds is 8. The molecule has 4 nitrogen and oxygen atoms in total. The van der Waals surface area contributed by atoms with Crippen LogP contribution >= 0.6 is 0 Å². The topological polar surface area (TPSA) is 61.4 Å². The number of hydrogen-bond donors (Lipinski definition) is 3. The number of amides is 1. The first-order chi connectivity index (χ1) is 9.26. The Morgan fingerprint density at radius 2 is 1.95 bits per heavy atom. The average molecular weight is 270 g/mol. The van der Waals surface area contributed by atoms with E-state index in [-0.39, 0.29) is 12.5 Å². The van der Waals surface area contributed by atoms with E-state index in [1.54, 1.807) is 0 Å². The lowest BCUT2D eigenvalue weighted by Gasteiger charge is -2.18. The lowest BCUT2D eigenvalue weighted by Crippen LogP contribution is -2.41. The molecule has 1 aliphatic carbocycles. The molecule has 0 aromatic carbocycles. The van der Waals surface area contributed by atoms with Crippen LogP contribution in [0.1, 0.15) is 58.3 Å². The molecule has 1 amide bonds. The quantitative estimate of drug-likeness (QED) is 0.590. The monoisotopic (exact) mass is 270 g/mol. The number of aliphatic hydroxyl groups excluding tert-OH is 1. The maximum absolute atomic E-state index is 11.8. The maximum Gasteiger partial charge on any atom is 0.234 e. The molecule has 3 N–H and O–H groups in total. The molecular formula is C15H30N2O2. The fraction of sp³-hybridized carbons (Fsp3) is 0.933. The Labute approximate surface area is 117 Å². The van der Waals surface area contributed by atoms with Gasteiger partial charge in [0.05, 0.1) is 6.54 Å². The van der Waals surface area contributed by atoms with Crippen LogP contribution in [-0.4, -0.2) is 36.8 Å². The van der Waals surface area contributed by atoms with Gasteiger partial charge in [-0.3, -0.25) is 4.79 Å². The first-order valence-electron chi connectivity index (χ1n) is 7.87. The number of carbonyl (C=O) groups excluding carboxylic acids is 1. The third-order valence-corrected chi connectivity index (χ3v) is 4.05. The lowest BCUT2D eigenvalue weighted by molar-refractivity contribution is -0.121. The molecule has 1 aliphatic rings. The van der Waals surface area contributed by atoms with Crippen molar-refractivity contribution in [2.75, 3.05) is 19.7 Å². The van der Waals surface area contributed by atoms with E-state index < -0.39 is 0 Å². The minimum absolute atomic E-state index is 0.116. The van der Waals surface area contributed by atoms with E-state index in [0.717, 1.165) is 32.2 Å². The van der Waals surface area contributed by atoms with Crippen LogP contribution in [0.5, 0.6) is 0 Å². The van der Waals surface area contributed by atoms with Crippen molar-refractivity contribution in [3.8, 4) is 0 Å². The van der Waals surface area contributed by atoms with Gasteiger partial charge in [0.1, 0.15) is 0 Å². The molecule has 0 spiro atoms. The summed E-state index contributed by atoms with van der Waals surface area (Å²) in [6.07, 6.45) is 9.22. The van der Waals surface area contributed by atoms with E-state index in [1.165, 1.54) is 25.7 Å². The number of nitrogens with one attached hydrogen (secondary N) is 2. The molecule has 1 saturated carbocycles. The van der Waals surface area contributed by atoms with Crippen molar-refractivity contribution in [3.05, 3.63) is 0 Å². The van der Waals surface area contributed by atoms with Crippen LogP contribution < -0.4 is 10.6 Å². The summed E-state index contributed by atoms with van der Waals surface area (Å²) in [7, 11) is 0. The minimum Gasteiger partial charge on any atom is -0.396 e. The van der Waals surface area contributed by atoms with Gasteiger partial charge in [-0.25, -0.2) is 0 Å². The van der Waals surface area contributed by atoms with Gasteiger partial charge in [-0.15, -0.1) is 0 Å². The molecule has 1 unspecified atom stereocenters. The van der Waals surface area contributed by atoms with E-state index in [1.807, 2.05) is 0 Å². The van der Waals surface area contributed by atoms with Gasteiger partial charge in [-0.05, 0) is 31.7 Å². The summed E-state index contributed by atoms with van der Waals surface area (Å²) >= 11 is 0. The Bertz CT molecular complexity index is 238. The van der Waals surface area contributed by atoms with Crippen molar-refractivity contribution in [3.63, 3.8) is 0 Å². The van der Waals surface area contributed by atoms with Gasteiger partial charge in [-0.2, -0.15) is 0 Å². The van der Waals surface area contributed by atoms with E-state index in [4.69, 9.17) is 5.11 Å². The summed E-state index contributed by atoms with van der Waals surface area (Å²) in [4.78, 5) is 11.8. The van der Waals surface area contributed by atoms with Gasteiger partial charge < -0.3 is 15.7 Å². The zero-order valence-corrected chi connectivity index (χ0v) is 12.3. The second-order valence-electron chi connectivity index (χ2n) is 5.67. The van der Waals surface area contributed by atoms with Crippen LogP contribution in [0.3, 0.4) is 0 Å². The van der Waals surface area contributed by atoms with E-state index in [9.17, 15) is 4.79 Å². The lowest BCUT2D eigenvalue weighted by atomic mass is 10.0. The van der Waals surface area contributed by atoms with Crippen molar-refractivity contribution < 1.29 is 9.90 Å². The standard InChI is InChI=1S/C15H30N2O2/c1-2-13(9-10-18)11-16-12-15(19)17-14-7-5-3-4-6-8-14/h13-14,16,18H,2-12H2,1H3,(H,17,19). The molecule has 112 valence electrons. The fourth-order valence-electron chi connectivity index (χ4n) is 2.73. The molecule has 0 saturated heterocycles. The van der Waals surface area contributed by atoms with Gasteiger partial charge in [0.15, 0.2) is 0 Å². The summed E-state index contributed by atoms with van der Waals surface area (Å²) in [5, 5.41) is 15.2. The molecule has 0 aromatic heterocycles. The summed E-state index contributed by atoms with van der Waals surface area (Å²) in [6.45, 7) is 3.57. The van der Waals surface area contributed by atoms with Crippen LogP contribution in [0, 0.1) is 5.92 Å². The molecule has 0 aromatic rings. The minimum atomic E-state index is 0.116. The van der Waals surface area contributed by atoms with Crippen LogP contribution in [-0.2, 0) is 4.79 Å². The Hall–Kier alpha value is -0.610. The predicted octanol–water partition coefficient (Wildman–Crippen LogP) is 1.82. The molecule has 0 aliphatic heterocycles. The predicted molar refractivity (Wildman–Crippen MR) is 78.0 cm³/mol. The highest BCUT2D eigenvalue weighted by Crippen LogP contribution is 2.16. The number of aliphatic hydroxyl groups is 1. The molecule has 1 rings (SSSR count). The summed E-state index contributed by atoms with van der Waals surface area (Å²) in [6, 6.07) is 0.385. The molecule has 19 heavy (non-hydrogen) atoms. The highest BCUT2D eigenvalue weighted by atomic mass is 16.3. The second kappa shape index (κ2) is 10.2. The van der Waals surface area contributed by atoms with E-state index >= 15 is 0 Å². The molecule has 0 bridgehead atoms. The van der Waals surface area contributed by atoms with E-state index in [0.29, 0.717) is 18.5 Å². The zero-order chi connectivity index (χ0) is 13.9. The second-order valence-corrected chi connectivity index (χ2v) is 5.67. The number of carbonyl (C=O) groups is 1. The van der Waals surface area contributed by atoms with Gasteiger partial charge in [0.2, 0.25) is 5.91 Å². The first kappa shape index (κ1) is 16.4. The highest BCUT2D eigenvalue weighted by Gasteiger charge is 2.14. The zero-order valence-electron chi connectivity index (χ0n) is 12.3.